The third-order valence-corrected chi connectivity index (χ3v) is 7.37. The van der Waals surface area contributed by atoms with Crippen molar-refractivity contribution >= 4 is 17.5 Å². The summed E-state index contributed by atoms with van der Waals surface area (Å²) in [6, 6.07) is 8.37. The third-order valence-electron chi connectivity index (χ3n) is 7.37. The summed E-state index contributed by atoms with van der Waals surface area (Å²) >= 11 is 0. The Kier molecular flexibility index (Phi) is 5.87. The van der Waals surface area contributed by atoms with Gasteiger partial charge in [0, 0.05) is 37.5 Å². The number of ether oxygens (including phenoxy) is 1. The number of amides is 2. The summed E-state index contributed by atoms with van der Waals surface area (Å²) in [5, 5.41) is 13.3. The van der Waals surface area contributed by atoms with Crippen LogP contribution in [0.25, 0.3) is 0 Å². The lowest BCUT2D eigenvalue weighted by Gasteiger charge is -2.41. The third kappa shape index (κ3) is 3.77. The van der Waals surface area contributed by atoms with E-state index in [0.717, 1.165) is 44.3 Å². The number of benzene rings is 1. The zero-order chi connectivity index (χ0) is 22.1. The molecule has 1 saturated carbocycles. The zero-order valence-electron chi connectivity index (χ0n) is 18.4. The Labute approximate surface area is 188 Å². The van der Waals surface area contributed by atoms with E-state index in [1.807, 2.05) is 12.1 Å². The summed E-state index contributed by atoms with van der Waals surface area (Å²) in [7, 11) is 1.73. The minimum absolute atomic E-state index is 0.0484. The lowest BCUT2D eigenvalue weighted by atomic mass is 9.81. The quantitative estimate of drug-likeness (QED) is 0.668. The van der Waals surface area contributed by atoms with Crippen LogP contribution in [0.5, 0.6) is 0 Å². The molecule has 8 heteroatoms. The fourth-order valence-electron chi connectivity index (χ4n) is 5.86. The number of para-hydroxylation sites is 1. The van der Waals surface area contributed by atoms with Crippen molar-refractivity contribution in [2.45, 2.75) is 50.2 Å². The van der Waals surface area contributed by atoms with Crippen LogP contribution >= 0.6 is 0 Å². The number of H-pyrrole nitrogens is 1. The van der Waals surface area contributed by atoms with Gasteiger partial charge < -0.3 is 20.3 Å². The topological polar surface area (TPSA) is 99.3 Å². The van der Waals surface area contributed by atoms with Crippen molar-refractivity contribution in [2.24, 2.45) is 11.8 Å². The van der Waals surface area contributed by atoms with E-state index in [9.17, 15) is 9.59 Å². The van der Waals surface area contributed by atoms with Gasteiger partial charge in [-0.05, 0) is 30.9 Å². The number of rotatable bonds is 5. The fourth-order valence-corrected chi connectivity index (χ4v) is 5.86. The summed E-state index contributed by atoms with van der Waals surface area (Å²) in [4.78, 5) is 28.6. The first-order chi connectivity index (χ1) is 15.7. The molecule has 2 fully saturated rings. The smallest absolute Gasteiger partial charge is 0.254 e. The molecule has 1 aliphatic carbocycles. The highest BCUT2D eigenvalue weighted by Crippen LogP contribution is 2.47. The molecule has 0 bridgehead atoms. The molecule has 3 heterocycles. The van der Waals surface area contributed by atoms with E-state index >= 15 is 0 Å². The number of carbonyl (C=O) groups excluding carboxylic acids is 2. The van der Waals surface area contributed by atoms with Crippen LogP contribution in [0.15, 0.2) is 36.7 Å². The van der Waals surface area contributed by atoms with E-state index in [-0.39, 0.29) is 35.9 Å². The molecule has 3 aliphatic rings. The Bertz CT molecular complexity index is 962. The number of carbonyl (C=O) groups is 2. The van der Waals surface area contributed by atoms with E-state index in [1.165, 1.54) is 11.8 Å². The SMILES string of the molecule is COC[C@@H]1Nc2ccccc2[C@H]2[C@H]1CCN2C(=O)[C@H]1CCCC[C@H]1NC(=O)c1cn[nH]c1. The number of hydrogen-bond acceptors (Lipinski definition) is 5. The molecule has 32 heavy (non-hydrogen) atoms. The van der Waals surface area contributed by atoms with Crippen LogP contribution in [0.4, 0.5) is 5.69 Å². The number of anilines is 1. The molecule has 0 spiro atoms. The second-order valence-electron chi connectivity index (χ2n) is 9.18. The van der Waals surface area contributed by atoms with E-state index in [4.69, 9.17) is 4.74 Å². The van der Waals surface area contributed by atoms with Gasteiger partial charge in [-0.15, -0.1) is 0 Å². The predicted octanol–water partition coefficient (Wildman–Crippen LogP) is 2.73. The Balaban J connectivity index is 1.39. The molecule has 3 N–H and O–H groups in total. The first-order valence-electron chi connectivity index (χ1n) is 11.6. The molecule has 2 amide bonds. The fraction of sp³-hybridized carbons (Fsp3) is 0.542. The van der Waals surface area contributed by atoms with Crippen molar-refractivity contribution in [1.29, 1.82) is 0 Å². The van der Waals surface area contributed by atoms with E-state index < -0.39 is 0 Å². The maximum atomic E-state index is 13.9. The van der Waals surface area contributed by atoms with Gasteiger partial charge in [-0.3, -0.25) is 14.7 Å². The molecule has 0 radical (unpaired) electrons. The Morgan fingerprint density at radius 2 is 2.06 bits per heavy atom. The van der Waals surface area contributed by atoms with Crippen LogP contribution in [-0.2, 0) is 9.53 Å². The number of nitrogens with one attached hydrogen (secondary N) is 3. The van der Waals surface area contributed by atoms with E-state index in [2.05, 4.69) is 37.9 Å². The van der Waals surface area contributed by atoms with Crippen molar-refractivity contribution < 1.29 is 14.3 Å². The molecule has 0 unspecified atom stereocenters. The number of methoxy groups -OCH3 is 1. The van der Waals surface area contributed by atoms with Gasteiger partial charge in [0.15, 0.2) is 0 Å². The zero-order valence-corrected chi connectivity index (χ0v) is 18.4. The van der Waals surface area contributed by atoms with E-state index in [0.29, 0.717) is 18.1 Å². The number of hydrogen-bond donors (Lipinski definition) is 3. The number of nitrogens with zero attached hydrogens (tertiary/aromatic N) is 2. The average Bonchev–Trinajstić information content (AvgIpc) is 3.50. The van der Waals surface area contributed by atoms with Crippen LogP contribution in [0.1, 0.15) is 54.1 Å². The van der Waals surface area contributed by atoms with Gasteiger partial charge in [-0.25, -0.2) is 0 Å². The molecule has 5 atom stereocenters. The number of aromatic amines is 1. The molecular formula is C24H31N5O3. The van der Waals surface area contributed by atoms with Gasteiger partial charge in [0.2, 0.25) is 5.91 Å². The second kappa shape index (κ2) is 8.94. The average molecular weight is 438 g/mol. The highest BCUT2D eigenvalue weighted by atomic mass is 16.5. The summed E-state index contributed by atoms with van der Waals surface area (Å²) in [5.41, 5.74) is 2.77. The van der Waals surface area contributed by atoms with Crippen LogP contribution in [-0.4, -0.2) is 59.3 Å². The lowest BCUT2D eigenvalue weighted by molar-refractivity contribution is -0.139. The second-order valence-corrected chi connectivity index (χ2v) is 9.18. The van der Waals surface area contributed by atoms with E-state index in [1.54, 1.807) is 13.3 Å². The van der Waals surface area contributed by atoms with Gasteiger partial charge >= 0.3 is 0 Å². The Morgan fingerprint density at radius 3 is 2.88 bits per heavy atom. The van der Waals surface area contributed by atoms with Crippen LogP contribution < -0.4 is 10.6 Å². The molecule has 2 aromatic rings. The largest absolute Gasteiger partial charge is 0.383 e. The molecule has 5 rings (SSSR count). The molecular weight excluding hydrogens is 406 g/mol. The minimum Gasteiger partial charge on any atom is -0.383 e. The Hall–Kier alpha value is -2.87. The highest BCUT2D eigenvalue weighted by Gasteiger charge is 2.48. The lowest BCUT2D eigenvalue weighted by Crippen LogP contribution is -2.50. The number of likely N-dealkylation sites (tertiary alicyclic amines) is 1. The molecule has 1 aromatic heterocycles. The summed E-state index contributed by atoms with van der Waals surface area (Å²) in [6.07, 6.45) is 7.72. The monoisotopic (exact) mass is 437 g/mol. The van der Waals surface area contributed by atoms with Gasteiger partial charge in [0.05, 0.1) is 36.4 Å². The number of fused-ring (bicyclic) bond motifs is 3. The highest BCUT2D eigenvalue weighted by molar-refractivity contribution is 5.94. The number of aromatic nitrogens is 2. The molecule has 2 aliphatic heterocycles. The molecule has 1 saturated heterocycles. The first kappa shape index (κ1) is 21.0. The maximum Gasteiger partial charge on any atom is 0.254 e. The summed E-state index contributed by atoms with van der Waals surface area (Å²) < 4.78 is 5.49. The van der Waals surface area contributed by atoms with Gasteiger partial charge in [0.25, 0.3) is 5.91 Å². The standard InChI is InChI=1S/C24H31N5O3/c1-32-14-21-17-10-11-29(22(17)16-6-2-4-8-19(16)27-21)24(31)18-7-3-5-9-20(18)28-23(30)15-12-25-26-13-15/h2,4,6,8,12-13,17-18,20-22,27H,3,5,7,9-11,14H2,1H3,(H,25,26)(H,28,30)/t17-,18-,20+,21-,22-/m0/s1. The predicted molar refractivity (Wildman–Crippen MR) is 120 cm³/mol. The maximum absolute atomic E-state index is 13.9. The van der Waals surface area contributed by atoms with Crippen molar-refractivity contribution in [1.82, 2.24) is 20.4 Å². The van der Waals surface area contributed by atoms with Crippen LogP contribution in [0.2, 0.25) is 0 Å². The summed E-state index contributed by atoms with van der Waals surface area (Å²) in [5.74, 6) is 0.121. The summed E-state index contributed by atoms with van der Waals surface area (Å²) in [6.45, 7) is 1.35. The normalized spacial score (nSPS) is 29.0. The molecule has 8 nitrogen and oxygen atoms in total. The van der Waals surface area contributed by atoms with Crippen molar-refractivity contribution in [2.75, 3.05) is 25.6 Å². The van der Waals surface area contributed by atoms with Gasteiger partial charge in [-0.2, -0.15) is 5.10 Å². The van der Waals surface area contributed by atoms with Crippen LogP contribution in [0, 0.1) is 11.8 Å². The molecule has 1 aromatic carbocycles. The van der Waals surface area contributed by atoms with Crippen molar-refractivity contribution in [3.05, 3.63) is 47.8 Å². The first-order valence-corrected chi connectivity index (χ1v) is 11.6. The molecule has 170 valence electrons. The van der Waals surface area contributed by atoms with Crippen LogP contribution in [0.3, 0.4) is 0 Å². The Morgan fingerprint density at radius 1 is 1.22 bits per heavy atom. The van der Waals surface area contributed by atoms with Crippen molar-refractivity contribution in [3.63, 3.8) is 0 Å². The minimum atomic E-state index is -0.193. The van der Waals surface area contributed by atoms with Gasteiger partial charge in [0.1, 0.15) is 0 Å². The van der Waals surface area contributed by atoms with Gasteiger partial charge in [-0.1, -0.05) is 31.0 Å². The van der Waals surface area contributed by atoms with Crippen molar-refractivity contribution in [3.8, 4) is 0 Å².